The van der Waals surface area contributed by atoms with Crippen LogP contribution in [0.5, 0.6) is 0 Å². The van der Waals surface area contributed by atoms with Gasteiger partial charge in [0, 0.05) is 19.6 Å². The van der Waals surface area contributed by atoms with Crippen LogP contribution in [-0.4, -0.2) is 35.7 Å². The molecule has 1 N–H and O–H groups in total. The molecule has 2 aliphatic rings. The molecular weight excluding hydrogens is 174 g/mol. The van der Waals surface area contributed by atoms with Crippen molar-refractivity contribution in [1.29, 1.82) is 0 Å². The van der Waals surface area contributed by atoms with Crippen molar-refractivity contribution in [3.05, 3.63) is 11.6 Å². The van der Waals surface area contributed by atoms with E-state index in [1.807, 2.05) is 0 Å². The minimum Gasteiger partial charge on any atom is -0.392 e. The fourth-order valence-electron chi connectivity index (χ4n) is 2.45. The van der Waals surface area contributed by atoms with E-state index in [0.717, 1.165) is 26.1 Å². The first-order chi connectivity index (χ1) is 6.84. The maximum absolute atomic E-state index is 9.38. The van der Waals surface area contributed by atoms with Gasteiger partial charge < -0.3 is 10.0 Å². The van der Waals surface area contributed by atoms with Gasteiger partial charge in [-0.25, -0.2) is 0 Å². The number of hydrogen-bond acceptors (Lipinski definition) is 2. The molecule has 0 aromatic rings. The highest BCUT2D eigenvalue weighted by Gasteiger charge is 2.19. The smallest absolute Gasteiger partial charge is 0.0679 e. The fraction of sp³-hybridized carbons (Fsp3) is 0.833. The standard InChI is InChI=1S/C12H21NO/c14-12-7-9-13(10-12)8-6-11-4-2-1-3-5-11/h4,12,14H,1-3,5-10H2/t12-/m1/s1. The van der Waals surface area contributed by atoms with Crippen LogP contribution in [0, 0.1) is 0 Å². The van der Waals surface area contributed by atoms with Crippen LogP contribution in [0.4, 0.5) is 0 Å². The average Bonchev–Trinajstić information content (AvgIpc) is 2.63. The van der Waals surface area contributed by atoms with E-state index in [0.29, 0.717) is 0 Å². The van der Waals surface area contributed by atoms with Crippen molar-refractivity contribution in [2.75, 3.05) is 19.6 Å². The molecular formula is C12H21NO. The summed E-state index contributed by atoms with van der Waals surface area (Å²) < 4.78 is 0. The fourth-order valence-corrected chi connectivity index (χ4v) is 2.45. The van der Waals surface area contributed by atoms with Gasteiger partial charge in [0.1, 0.15) is 0 Å². The maximum atomic E-state index is 9.38. The Morgan fingerprint density at radius 2 is 2.36 bits per heavy atom. The van der Waals surface area contributed by atoms with E-state index < -0.39 is 0 Å². The molecule has 1 aliphatic heterocycles. The number of nitrogens with zero attached hydrogens (tertiary/aromatic N) is 1. The van der Waals surface area contributed by atoms with Gasteiger partial charge in [0.25, 0.3) is 0 Å². The van der Waals surface area contributed by atoms with Gasteiger partial charge in [0.15, 0.2) is 0 Å². The number of rotatable bonds is 3. The number of β-amino-alcohol motifs (C(OH)–C–C–N with tert-alkyl or cyclic N) is 1. The van der Waals surface area contributed by atoms with Crippen molar-refractivity contribution >= 4 is 0 Å². The molecule has 0 amide bonds. The molecule has 1 fully saturated rings. The van der Waals surface area contributed by atoms with E-state index in [-0.39, 0.29) is 6.10 Å². The number of aliphatic hydroxyl groups is 1. The van der Waals surface area contributed by atoms with Crippen LogP contribution in [0.1, 0.15) is 38.5 Å². The number of allylic oxidation sites excluding steroid dienone is 1. The predicted octanol–water partition coefficient (Wildman–Crippen LogP) is 1.94. The van der Waals surface area contributed by atoms with Gasteiger partial charge in [-0.2, -0.15) is 0 Å². The quantitative estimate of drug-likeness (QED) is 0.696. The molecule has 80 valence electrons. The van der Waals surface area contributed by atoms with Gasteiger partial charge in [0.2, 0.25) is 0 Å². The molecule has 0 aromatic carbocycles. The second-order valence-corrected chi connectivity index (χ2v) is 4.60. The number of likely N-dealkylation sites (tertiary alicyclic amines) is 1. The summed E-state index contributed by atoms with van der Waals surface area (Å²) in [5, 5.41) is 9.38. The van der Waals surface area contributed by atoms with Crippen LogP contribution in [0.15, 0.2) is 11.6 Å². The Hall–Kier alpha value is -0.340. The normalized spacial score (nSPS) is 29.2. The first-order valence-corrected chi connectivity index (χ1v) is 5.93. The van der Waals surface area contributed by atoms with Gasteiger partial charge in [-0.1, -0.05) is 11.6 Å². The van der Waals surface area contributed by atoms with Crippen molar-refractivity contribution in [2.24, 2.45) is 0 Å². The van der Waals surface area contributed by atoms with Crippen LogP contribution in [0.2, 0.25) is 0 Å². The monoisotopic (exact) mass is 195 g/mol. The summed E-state index contributed by atoms with van der Waals surface area (Å²) in [5.74, 6) is 0. The summed E-state index contributed by atoms with van der Waals surface area (Å²) in [6.45, 7) is 3.14. The molecule has 2 heteroatoms. The molecule has 0 bridgehead atoms. The second-order valence-electron chi connectivity index (χ2n) is 4.60. The van der Waals surface area contributed by atoms with Crippen LogP contribution in [-0.2, 0) is 0 Å². The Labute approximate surface area is 86.6 Å². The minimum atomic E-state index is -0.0599. The van der Waals surface area contributed by atoms with Crippen molar-refractivity contribution in [1.82, 2.24) is 4.90 Å². The second kappa shape index (κ2) is 4.94. The molecule has 0 unspecified atom stereocenters. The summed E-state index contributed by atoms with van der Waals surface area (Å²) in [6.07, 6.45) is 9.94. The Kier molecular flexibility index (Phi) is 3.60. The lowest BCUT2D eigenvalue weighted by atomic mass is 9.97. The summed E-state index contributed by atoms with van der Waals surface area (Å²) in [6, 6.07) is 0. The lowest BCUT2D eigenvalue weighted by Gasteiger charge is -2.18. The van der Waals surface area contributed by atoms with Crippen LogP contribution in [0.3, 0.4) is 0 Å². The molecule has 0 aromatic heterocycles. The summed E-state index contributed by atoms with van der Waals surface area (Å²) in [4.78, 5) is 2.39. The molecule has 0 radical (unpaired) electrons. The maximum Gasteiger partial charge on any atom is 0.0679 e. The van der Waals surface area contributed by atoms with E-state index >= 15 is 0 Å². The van der Waals surface area contributed by atoms with E-state index in [2.05, 4.69) is 11.0 Å². The van der Waals surface area contributed by atoms with Crippen molar-refractivity contribution in [3.63, 3.8) is 0 Å². The zero-order chi connectivity index (χ0) is 9.80. The van der Waals surface area contributed by atoms with Crippen molar-refractivity contribution < 1.29 is 5.11 Å². The Morgan fingerprint density at radius 1 is 1.43 bits per heavy atom. The zero-order valence-electron chi connectivity index (χ0n) is 8.91. The Bertz CT molecular complexity index is 212. The summed E-state index contributed by atoms with van der Waals surface area (Å²) in [5.41, 5.74) is 1.65. The molecule has 0 spiro atoms. The van der Waals surface area contributed by atoms with E-state index in [9.17, 15) is 5.11 Å². The largest absolute Gasteiger partial charge is 0.392 e. The Balaban J connectivity index is 1.69. The zero-order valence-corrected chi connectivity index (χ0v) is 8.91. The molecule has 1 heterocycles. The summed E-state index contributed by atoms with van der Waals surface area (Å²) in [7, 11) is 0. The van der Waals surface area contributed by atoms with Crippen LogP contribution < -0.4 is 0 Å². The number of aliphatic hydroxyl groups excluding tert-OH is 1. The highest BCUT2D eigenvalue weighted by Crippen LogP contribution is 2.21. The first-order valence-electron chi connectivity index (χ1n) is 5.93. The topological polar surface area (TPSA) is 23.5 Å². The van der Waals surface area contributed by atoms with E-state index in [4.69, 9.17) is 0 Å². The SMILES string of the molecule is O[C@@H]1CCN(CCC2=CCCCC2)C1. The molecule has 2 rings (SSSR count). The number of hydrogen-bond donors (Lipinski definition) is 1. The molecule has 1 atom stereocenters. The van der Waals surface area contributed by atoms with Crippen LogP contribution >= 0.6 is 0 Å². The third kappa shape index (κ3) is 2.82. The van der Waals surface area contributed by atoms with Gasteiger partial charge in [-0.3, -0.25) is 0 Å². The molecule has 1 aliphatic carbocycles. The summed E-state index contributed by atoms with van der Waals surface area (Å²) >= 11 is 0. The van der Waals surface area contributed by atoms with Gasteiger partial charge in [-0.05, 0) is 38.5 Å². The first kappa shape index (κ1) is 10.2. The highest BCUT2D eigenvalue weighted by molar-refractivity contribution is 5.05. The third-order valence-corrected chi connectivity index (χ3v) is 3.38. The highest BCUT2D eigenvalue weighted by atomic mass is 16.3. The van der Waals surface area contributed by atoms with Crippen molar-refractivity contribution in [2.45, 2.75) is 44.6 Å². The molecule has 0 saturated carbocycles. The van der Waals surface area contributed by atoms with Gasteiger partial charge >= 0.3 is 0 Å². The van der Waals surface area contributed by atoms with Gasteiger partial charge in [-0.15, -0.1) is 0 Å². The van der Waals surface area contributed by atoms with Gasteiger partial charge in [0.05, 0.1) is 6.10 Å². The molecule has 14 heavy (non-hydrogen) atoms. The predicted molar refractivity (Wildman–Crippen MR) is 58.2 cm³/mol. The molecule has 1 saturated heterocycles. The van der Waals surface area contributed by atoms with Crippen molar-refractivity contribution in [3.8, 4) is 0 Å². The lowest BCUT2D eigenvalue weighted by Crippen LogP contribution is -2.23. The van der Waals surface area contributed by atoms with E-state index in [1.165, 1.54) is 32.1 Å². The minimum absolute atomic E-state index is 0.0599. The third-order valence-electron chi connectivity index (χ3n) is 3.38. The Morgan fingerprint density at radius 3 is 3.00 bits per heavy atom. The average molecular weight is 195 g/mol. The van der Waals surface area contributed by atoms with E-state index in [1.54, 1.807) is 5.57 Å². The van der Waals surface area contributed by atoms with Crippen LogP contribution in [0.25, 0.3) is 0 Å². The molecule has 2 nitrogen and oxygen atoms in total. The lowest BCUT2D eigenvalue weighted by molar-refractivity contribution is 0.176.